The van der Waals surface area contributed by atoms with Crippen LogP contribution in [0.2, 0.25) is 0 Å². The number of hydrogen-bond donors (Lipinski definition) is 1. The summed E-state index contributed by atoms with van der Waals surface area (Å²) in [6.45, 7) is 1.18. The van der Waals surface area contributed by atoms with Crippen LogP contribution in [0.4, 0.5) is 4.39 Å². The smallest absolute Gasteiger partial charge is 0.321 e. The molecule has 1 aromatic heterocycles. The highest BCUT2D eigenvalue weighted by molar-refractivity contribution is 7.89. The number of halogens is 1. The van der Waals surface area contributed by atoms with Gasteiger partial charge in [0.25, 0.3) is 10.0 Å². The molecule has 1 atom stereocenters. The summed E-state index contributed by atoms with van der Waals surface area (Å²) >= 11 is 0. The Morgan fingerprint density at radius 3 is 2.65 bits per heavy atom. The zero-order valence-corrected chi connectivity index (χ0v) is 9.98. The third kappa shape index (κ3) is 2.59. The number of carboxylic acids is 1. The van der Waals surface area contributed by atoms with Crippen molar-refractivity contribution in [3.05, 3.63) is 24.1 Å². The second-order valence-corrected chi connectivity index (χ2v) is 5.24. The average Bonchev–Trinajstić information content (AvgIpc) is 2.27. The van der Waals surface area contributed by atoms with E-state index >= 15 is 0 Å². The summed E-state index contributed by atoms with van der Waals surface area (Å²) in [4.78, 5) is 14.1. The molecule has 0 bridgehead atoms. The first-order valence-electron chi connectivity index (χ1n) is 4.60. The summed E-state index contributed by atoms with van der Waals surface area (Å²) in [7, 11) is -3.19. The van der Waals surface area contributed by atoms with E-state index in [4.69, 9.17) is 5.11 Å². The number of carbonyl (C=O) groups is 1. The third-order valence-corrected chi connectivity index (χ3v) is 4.11. The van der Waals surface area contributed by atoms with E-state index in [1.807, 2.05) is 0 Å². The van der Waals surface area contributed by atoms with Crippen LogP contribution in [0.5, 0.6) is 0 Å². The van der Waals surface area contributed by atoms with Gasteiger partial charge in [-0.15, -0.1) is 0 Å². The molecule has 0 saturated carbocycles. The molecule has 0 radical (unpaired) electrons. The molecule has 1 rings (SSSR count). The van der Waals surface area contributed by atoms with Crippen LogP contribution < -0.4 is 0 Å². The van der Waals surface area contributed by atoms with Gasteiger partial charge in [-0.3, -0.25) is 4.79 Å². The number of nitrogens with zero attached hydrogens (tertiary/aromatic N) is 2. The van der Waals surface area contributed by atoms with Gasteiger partial charge in [-0.25, -0.2) is 17.8 Å². The molecule has 0 aliphatic rings. The molecule has 0 aliphatic heterocycles. The van der Waals surface area contributed by atoms with Gasteiger partial charge in [0.1, 0.15) is 6.04 Å². The predicted molar refractivity (Wildman–Crippen MR) is 56.2 cm³/mol. The number of aliphatic carboxylic acids is 1. The lowest BCUT2D eigenvalue weighted by Gasteiger charge is -2.20. The molecule has 17 heavy (non-hydrogen) atoms. The Balaban J connectivity index is 3.21. The average molecular weight is 262 g/mol. The summed E-state index contributed by atoms with van der Waals surface area (Å²) in [5.41, 5.74) is 0. The maximum absolute atomic E-state index is 13.3. The molecular weight excluding hydrogens is 251 g/mol. The molecule has 6 nitrogen and oxygen atoms in total. The van der Waals surface area contributed by atoms with Gasteiger partial charge in [-0.05, 0) is 19.1 Å². The minimum absolute atomic E-state index is 0.556. The molecule has 1 N–H and O–H groups in total. The number of aromatic nitrogens is 1. The summed E-state index contributed by atoms with van der Waals surface area (Å²) in [5.74, 6) is -2.34. The van der Waals surface area contributed by atoms with Crippen LogP contribution >= 0.6 is 0 Å². The fraction of sp³-hybridized carbons (Fsp3) is 0.333. The summed E-state index contributed by atoms with van der Waals surface area (Å²) < 4.78 is 37.6. The lowest BCUT2D eigenvalue weighted by molar-refractivity contribution is -0.140. The summed E-state index contributed by atoms with van der Waals surface area (Å²) in [5, 5.41) is 7.93. The largest absolute Gasteiger partial charge is 0.480 e. The molecule has 0 fully saturated rings. The Kier molecular flexibility index (Phi) is 3.79. The zero-order chi connectivity index (χ0) is 13.2. The quantitative estimate of drug-likeness (QED) is 0.844. The Hall–Kier alpha value is -1.54. The van der Waals surface area contributed by atoms with E-state index in [-0.39, 0.29) is 0 Å². The molecule has 0 aliphatic carbocycles. The number of sulfonamides is 1. The van der Waals surface area contributed by atoms with Crippen molar-refractivity contribution in [2.75, 3.05) is 7.05 Å². The topological polar surface area (TPSA) is 87.6 Å². The zero-order valence-electron chi connectivity index (χ0n) is 9.16. The van der Waals surface area contributed by atoms with Crippen LogP contribution in [0, 0.1) is 5.82 Å². The fourth-order valence-electron chi connectivity index (χ4n) is 1.06. The Labute approximate surface area is 97.8 Å². The van der Waals surface area contributed by atoms with Crippen LogP contribution in [0.3, 0.4) is 0 Å². The van der Waals surface area contributed by atoms with E-state index < -0.39 is 32.9 Å². The van der Waals surface area contributed by atoms with Gasteiger partial charge >= 0.3 is 5.97 Å². The van der Waals surface area contributed by atoms with Crippen molar-refractivity contribution < 1.29 is 22.7 Å². The first kappa shape index (κ1) is 13.5. The standard InChI is InChI=1S/C9H11FN2O4S/c1-6(9(13)14)12(2)17(15,16)8-7(10)4-3-5-11-8/h3-6H,1-2H3,(H,13,14). The number of carboxylic acid groups (broad SMARTS) is 1. The molecule has 1 unspecified atom stereocenters. The van der Waals surface area contributed by atoms with Crippen LogP contribution in [-0.4, -0.2) is 41.9 Å². The monoisotopic (exact) mass is 262 g/mol. The molecule has 0 spiro atoms. The number of hydrogen-bond acceptors (Lipinski definition) is 4. The molecule has 1 aromatic rings. The molecule has 94 valence electrons. The summed E-state index contributed by atoms with van der Waals surface area (Å²) in [6.07, 6.45) is 1.12. The molecule has 1 heterocycles. The van der Waals surface area contributed by atoms with Crippen LogP contribution in [0.15, 0.2) is 23.4 Å². The van der Waals surface area contributed by atoms with Crippen molar-refractivity contribution in [3.63, 3.8) is 0 Å². The Bertz CT molecular complexity index is 532. The fourth-order valence-corrected chi connectivity index (χ4v) is 2.35. The molecule has 8 heteroatoms. The van der Waals surface area contributed by atoms with Gasteiger partial charge in [0.2, 0.25) is 5.03 Å². The third-order valence-electron chi connectivity index (χ3n) is 2.25. The number of rotatable bonds is 4. The van der Waals surface area contributed by atoms with E-state index in [0.29, 0.717) is 4.31 Å². The Morgan fingerprint density at radius 1 is 1.59 bits per heavy atom. The van der Waals surface area contributed by atoms with E-state index in [0.717, 1.165) is 19.3 Å². The minimum Gasteiger partial charge on any atom is -0.480 e. The normalized spacial score (nSPS) is 13.6. The second-order valence-electron chi connectivity index (χ2n) is 3.33. The molecule has 0 amide bonds. The SMILES string of the molecule is CC(C(=O)O)N(C)S(=O)(=O)c1ncccc1F. The van der Waals surface area contributed by atoms with Crippen molar-refractivity contribution in [2.24, 2.45) is 0 Å². The van der Waals surface area contributed by atoms with E-state index in [2.05, 4.69) is 4.98 Å². The van der Waals surface area contributed by atoms with E-state index in [9.17, 15) is 17.6 Å². The lowest BCUT2D eigenvalue weighted by Crippen LogP contribution is -2.40. The molecular formula is C9H11FN2O4S. The molecule has 0 saturated heterocycles. The van der Waals surface area contributed by atoms with Gasteiger partial charge in [0, 0.05) is 13.2 Å². The highest BCUT2D eigenvalue weighted by Gasteiger charge is 2.32. The minimum atomic E-state index is -4.25. The van der Waals surface area contributed by atoms with Crippen molar-refractivity contribution in [3.8, 4) is 0 Å². The van der Waals surface area contributed by atoms with Crippen molar-refractivity contribution >= 4 is 16.0 Å². The van der Waals surface area contributed by atoms with Gasteiger partial charge in [-0.2, -0.15) is 4.31 Å². The van der Waals surface area contributed by atoms with Crippen molar-refractivity contribution in [2.45, 2.75) is 18.0 Å². The predicted octanol–water partition coefficient (Wildman–Crippen LogP) is 0.314. The van der Waals surface area contributed by atoms with Gasteiger partial charge < -0.3 is 5.11 Å². The highest BCUT2D eigenvalue weighted by Crippen LogP contribution is 2.17. The molecule has 0 aromatic carbocycles. The first-order chi connectivity index (χ1) is 7.78. The maximum atomic E-state index is 13.3. The Morgan fingerprint density at radius 2 is 2.18 bits per heavy atom. The van der Waals surface area contributed by atoms with E-state index in [1.165, 1.54) is 13.0 Å². The van der Waals surface area contributed by atoms with Crippen molar-refractivity contribution in [1.29, 1.82) is 0 Å². The highest BCUT2D eigenvalue weighted by atomic mass is 32.2. The maximum Gasteiger partial charge on any atom is 0.321 e. The number of pyridine rings is 1. The van der Waals surface area contributed by atoms with Gasteiger partial charge in [0.15, 0.2) is 5.82 Å². The van der Waals surface area contributed by atoms with Gasteiger partial charge in [0.05, 0.1) is 0 Å². The van der Waals surface area contributed by atoms with Crippen LogP contribution in [0.1, 0.15) is 6.92 Å². The van der Waals surface area contributed by atoms with Crippen molar-refractivity contribution in [1.82, 2.24) is 9.29 Å². The second kappa shape index (κ2) is 4.76. The van der Waals surface area contributed by atoms with Gasteiger partial charge in [-0.1, -0.05) is 0 Å². The van der Waals surface area contributed by atoms with Crippen LogP contribution in [-0.2, 0) is 14.8 Å². The number of likely N-dealkylation sites (N-methyl/N-ethyl adjacent to an activating group) is 1. The summed E-state index contributed by atoms with van der Waals surface area (Å²) in [6, 6.07) is 0.884. The lowest BCUT2D eigenvalue weighted by atomic mass is 10.4. The first-order valence-corrected chi connectivity index (χ1v) is 6.04. The van der Waals surface area contributed by atoms with Crippen LogP contribution in [0.25, 0.3) is 0 Å². The van der Waals surface area contributed by atoms with E-state index in [1.54, 1.807) is 0 Å².